The van der Waals surface area contributed by atoms with Crippen molar-refractivity contribution in [3.05, 3.63) is 45.9 Å². The van der Waals surface area contributed by atoms with E-state index in [2.05, 4.69) is 15.3 Å². The molecule has 0 saturated heterocycles. The lowest BCUT2D eigenvalue weighted by molar-refractivity contribution is 0.282. The molecule has 0 unspecified atom stereocenters. The second-order valence-electron chi connectivity index (χ2n) is 4.04. The Morgan fingerprint density at radius 1 is 1.29 bits per heavy atom. The Kier molecular flexibility index (Phi) is 3.76. The number of anilines is 1. The highest BCUT2D eigenvalue weighted by Gasteiger charge is 2.04. The maximum Gasteiger partial charge on any atom is 0.0898 e. The number of nitrogens with zero attached hydrogens (tertiary/aromatic N) is 2. The second-order valence-corrected chi connectivity index (χ2v) is 5.10. The summed E-state index contributed by atoms with van der Waals surface area (Å²) in [6.45, 7) is 2.92. The van der Waals surface area contributed by atoms with E-state index in [-0.39, 0.29) is 6.61 Å². The Hall–Kier alpha value is -1.39. The maximum atomic E-state index is 8.98. The van der Waals surface area contributed by atoms with E-state index < -0.39 is 0 Å². The Balaban J connectivity index is 2.06. The van der Waals surface area contributed by atoms with E-state index in [0.29, 0.717) is 0 Å². The summed E-state index contributed by atoms with van der Waals surface area (Å²) in [5, 5.41) is 12.2. The van der Waals surface area contributed by atoms with Crippen molar-refractivity contribution < 1.29 is 5.11 Å². The van der Waals surface area contributed by atoms with Crippen LogP contribution in [0.15, 0.2) is 29.6 Å². The standard InChI is InChI=1S/C13H16N2OS/c1-10-14-12(9-17-10)7-15(2)13-5-3-11(8-16)4-6-13/h3-6,9,16H,7-8H2,1-2H3. The molecular weight excluding hydrogens is 232 g/mol. The fourth-order valence-corrected chi connectivity index (χ4v) is 2.27. The van der Waals surface area contributed by atoms with Crippen molar-refractivity contribution in [2.24, 2.45) is 0 Å². The zero-order valence-corrected chi connectivity index (χ0v) is 10.9. The van der Waals surface area contributed by atoms with Crippen molar-refractivity contribution in [2.45, 2.75) is 20.1 Å². The molecule has 0 aliphatic carbocycles. The van der Waals surface area contributed by atoms with Crippen LogP contribution in [0, 0.1) is 6.92 Å². The number of rotatable bonds is 4. The van der Waals surface area contributed by atoms with Gasteiger partial charge in [-0.1, -0.05) is 12.1 Å². The highest BCUT2D eigenvalue weighted by molar-refractivity contribution is 7.09. The molecule has 0 aliphatic heterocycles. The van der Waals surface area contributed by atoms with Crippen LogP contribution in [0.3, 0.4) is 0 Å². The van der Waals surface area contributed by atoms with Crippen LogP contribution in [-0.4, -0.2) is 17.1 Å². The molecule has 4 heteroatoms. The number of aliphatic hydroxyl groups excluding tert-OH is 1. The molecule has 17 heavy (non-hydrogen) atoms. The van der Waals surface area contributed by atoms with Crippen LogP contribution < -0.4 is 4.90 Å². The highest BCUT2D eigenvalue weighted by atomic mass is 32.1. The monoisotopic (exact) mass is 248 g/mol. The molecular formula is C13H16N2OS. The normalized spacial score (nSPS) is 10.5. The molecule has 0 saturated carbocycles. The lowest BCUT2D eigenvalue weighted by Gasteiger charge is -2.18. The van der Waals surface area contributed by atoms with E-state index in [1.54, 1.807) is 11.3 Å². The van der Waals surface area contributed by atoms with E-state index >= 15 is 0 Å². The van der Waals surface area contributed by atoms with E-state index in [4.69, 9.17) is 5.11 Å². The molecule has 0 atom stereocenters. The first kappa shape index (κ1) is 12.1. The van der Waals surface area contributed by atoms with Crippen LogP contribution in [0.25, 0.3) is 0 Å². The van der Waals surface area contributed by atoms with Gasteiger partial charge in [-0.3, -0.25) is 0 Å². The van der Waals surface area contributed by atoms with Crippen LogP contribution >= 0.6 is 11.3 Å². The Labute approximate surface area is 105 Å². The number of aliphatic hydroxyl groups is 1. The van der Waals surface area contributed by atoms with E-state index in [0.717, 1.165) is 28.5 Å². The fraction of sp³-hybridized carbons (Fsp3) is 0.308. The smallest absolute Gasteiger partial charge is 0.0898 e. The molecule has 3 nitrogen and oxygen atoms in total. The number of aromatic nitrogens is 1. The van der Waals surface area contributed by atoms with E-state index in [9.17, 15) is 0 Å². The topological polar surface area (TPSA) is 36.4 Å². The number of thiazole rings is 1. The summed E-state index contributed by atoms with van der Waals surface area (Å²) in [5.41, 5.74) is 3.17. The van der Waals surface area contributed by atoms with Crippen molar-refractivity contribution in [2.75, 3.05) is 11.9 Å². The lowest BCUT2D eigenvalue weighted by atomic mass is 10.2. The quantitative estimate of drug-likeness (QED) is 0.903. The Bertz CT molecular complexity index is 478. The molecule has 1 heterocycles. The van der Waals surface area contributed by atoms with Gasteiger partial charge in [0.15, 0.2) is 0 Å². The molecule has 0 radical (unpaired) electrons. The van der Waals surface area contributed by atoms with Gasteiger partial charge in [-0.15, -0.1) is 11.3 Å². The molecule has 90 valence electrons. The third-order valence-corrected chi connectivity index (χ3v) is 3.45. The summed E-state index contributed by atoms with van der Waals surface area (Å²) in [6, 6.07) is 7.92. The highest BCUT2D eigenvalue weighted by Crippen LogP contribution is 2.17. The molecule has 2 aromatic rings. The van der Waals surface area contributed by atoms with Crippen LogP contribution in [0.2, 0.25) is 0 Å². The number of hydrogen-bond acceptors (Lipinski definition) is 4. The van der Waals surface area contributed by atoms with Crippen molar-refractivity contribution in [1.82, 2.24) is 4.98 Å². The summed E-state index contributed by atoms with van der Waals surface area (Å²) >= 11 is 1.68. The molecule has 1 aromatic heterocycles. The van der Waals surface area contributed by atoms with Gasteiger partial charge in [0.25, 0.3) is 0 Å². The number of benzene rings is 1. The van der Waals surface area contributed by atoms with Gasteiger partial charge in [0.1, 0.15) is 0 Å². The van der Waals surface area contributed by atoms with Gasteiger partial charge in [0.05, 0.1) is 23.9 Å². The van der Waals surface area contributed by atoms with Gasteiger partial charge in [0, 0.05) is 18.1 Å². The van der Waals surface area contributed by atoms with Gasteiger partial charge in [-0.25, -0.2) is 4.98 Å². The second kappa shape index (κ2) is 5.29. The predicted molar refractivity (Wildman–Crippen MR) is 71.3 cm³/mol. The van der Waals surface area contributed by atoms with Gasteiger partial charge in [0.2, 0.25) is 0 Å². The van der Waals surface area contributed by atoms with Gasteiger partial charge in [-0.05, 0) is 24.6 Å². The predicted octanol–water partition coefficient (Wildman–Crippen LogP) is 2.58. The fourth-order valence-electron chi connectivity index (χ4n) is 1.67. The zero-order valence-electron chi connectivity index (χ0n) is 10.1. The first-order valence-electron chi connectivity index (χ1n) is 5.51. The summed E-state index contributed by atoms with van der Waals surface area (Å²) < 4.78 is 0. The van der Waals surface area contributed by atoms with Crippen LogP contribution in [0.1, 0.15) is 16.3 Å². The molecule has 0 bridgehead atoms. The van der Waals surface area contributed by atoms with E-state index in [1.165, 1.54) is 0 Å². The molecule has 2 rings (SSSR count). The summed E-state index contributed by atoms with van der Waals surface area (Å²) in [5.74, 6) is 0. The molecule has 0 spiro atoms. The number of aryl methyl sites for hydroxylation is 1. The molecule has 0 aliphatic rings. The van der Waals surface area contributed by atoms with Gasteiger partial charge >= 0.3 is 0 Å². The first-order chi connectivity index (χ1) is 8.19. The maximum absolute atomic E-state index is 8.98. The summed E-state index contributed by atoms with van der Waals surface area (Å²) in [6.07, 6.45) is 0. The summed E-state index contributed by atoms with van der Waals surface area (Å²) in [4.78, 5) is 6.60. The molecule has 0 amide bonds. The third-order valence-electron chi connectivity index (χ3n) is 2.63. The van der Waals surface area contributed by atoms with Crippen LogP contribution in [0.4, 0.5) is 5.69 Å². The van der Waals surface area contributed by atoms with Gasteiger partial charge in [-0.2, -0.15) is 0 Å². The molecule has 1 N–H and O–H groups in total. The Morgan fingerprint density at radius 2 is 2.00 bits per heavy atom. The van der Waals surface area contributed by atoms with Crippen molar-refractivity contribution in [1.29, 1.82) is 0 Å². The SMILES string of the molecule is Cc1nc(CN(C)c2ccc(CO)cc2)cs1. The largest absolute Gasteiger partial charge is 0.392 e. The van der Waals surface area contributed by atoms with Crippen molar-refractivity contribution in [3.8, 4) is 0 Å². The first-order valence-corrected chi connectivity index (χ1v) is 6.39. The minimum Gasteiger partial charge on any atom is -0.392 e. The number of hydrogen-bond donors (Lipinski definition) is 1. The molecule has 1 aromatic carbocycles. The minimum atomic E-state index is 0.0925. The van der Waals surface area contributed by atoms with E-state index in [1.807, 2.05) is 38.2 Å². The average molecular weight is 248 g/mol. The minimum absolute atomic E-state index is 0.0925. The van der Waals surface area contributed by atoms with Crippen molar-refractivity contribution >= 4 is 17.0 Å². The van der Waals surface area contributed by atoms with Gasteiger partial charge < -0.3 is 10.0 Å². The third kappa shape index (κ3) is 3.05. The lowest BCUT2D eigenvalue weighted by Crippen LogP contribution is -2.16. The van der Waals surface area contributed by atoms with Crippen LogP contribution in [-0.2, 0) is 13.2 Å². The zero-order chi connectivity index (χ0) is 12.3. The van der Waals surface area contributed by atoms with Crippen LogP contribution in [0.5, 0.6) is 0 Å². The molecule has 0 fully saturated rings. The van der Waals surface area contributed by atoms with Crippen molar-refractivity contribution in [3.63, 3.8) is 0 Å². The Morgan fingerprint density at radius 3 is 2.53 bits per heavy atom. The summed E-state index contributed by atoms with van der Waals surface area (Å²) in [7, 11) is 2.04. The average Bonchev–Trinajstić information content (AvgIpc) is 2.75.